The van der Waals surface area contributed by atoms with Crippen molar-refractivity contribution in [1.82, 2.24) is 4.98 Å². The van der Waals surface area contributed by atoms with Crippen molar-refractivity contribution < 1.29 is 36.2 Å². The van der Waals surface area contributed by atoms with E-state index in [2.05, 4.69) is 4.98 Å². The zero-order valence-electron chi connectivity index (χ0n) is 15.3. The molecule has 0 spiro atoms. The van der Waals surface area contributed by atoms with E-state index in [1.165, 1.54) is 29.4 Å². The van der Waals surface area contributed by atoms with Crippen molar-refractivity contribution in [3.8, 4) is 0 Å². The van der Waals surface area contributed by atoms with Crippen LogP contribution in [-0.2, 0) is 5.60 Å². The third-order valence-corrected chi connectivity index (χ3v) is 4.32. The average molecular weight is 420 g/mol. The molecule has 0 radical (unpaired) electrons. The number of benzene rings is 1. The molecular formula is C19H18F6N2O2. The van der Waals surface area contributed by atoms with E-state index in [1.807, 2.05) is 6.92 Å². The second kappa shape index (κ2) is 8.40. The van der Waals surface area contributed by atoms with Crippen molar-refractivity contribution >= 4 is 11.6 Å². The molecule has 0 saturated heterocycles. The van der Waals surface area contributed by atoms with Crippen LogP contribution in [-0.4, -0.2) is 34.9 Å². The monoisotopic (exact) mass is 420 g/mol. The quantitative estimate of drug-likeness (QED) is 0.681. The molecular weight excluding hydrogens is 402 g/mol. The summed E-state index contributed by atoms with van der Waals surface area (Å²) < 4.78 is 78.1. The number of unbranched alkanes of at least 4 members (excludes halogenated alkanes) is 1. The Balaban J connectivity index is 2.44. The third kappa shape index (κ3) is 4.52. The number of hydrogen-bond donors (Lipinski definition) is 1. The normalized spacial score (nSPS) is 12.7. The molecule has 0 aliphatic rings. The van der Waals surface area contributed by atoms with Crippen molar-refractivity contribution in [3.63, 3.8) is 0 Å². The van der Waals surface area contributed by atoms with Crippen molar-refractivity contribution in [1.29, 1.82) is 0 Å². The molecule has 29 heavy (non-hydrogen) atoms. The zero-order valence-corrected chi connectivity index (χ0v) is 15.3. The topological polar surface area (TPSA) is 53.4 Å². The van der Waals surface area contributed by atoms with Gasteiger partial charge in [0.05, 0.1) is 0 Å². The average Bonchev–Trinajstić information content (AvgIpc) is 2.67. The Labute approximate surface area is 162 Å². The van der Waals surface area contributed by atoms with Crippen LogP contribution in [0.5, 0.6) is 0 Å². The van der Waals surface area contributed by atoms with Crippen molar-refractivity contribution in [2.75, 3.05) is 11.4 Å². The van der Waals surface area contributed by atoms with Crippen molar-refractivity contribution in [3.05, 3.63) is 59.9 Å². The van der Waals surface area contributed by atoms with Gasteiger partial charge in [0.1, 0.15) is 0 Å². The van der Waals surface area contributed by atoms with Gasteiger partial charge in [-0.15, -0.1) is 0 Å². The van der Waals surface area contributed by atoms with Crippen LogP contribution in [0.4, 0.5) is 32.0 Å². The highest BCUT2D eigenvalue weighted by atomic mass is 19.4. The van der Waals surface area contributed by atoms with Gasteiger partial charge in [-0.2, -0.15) is 26.3 Å². The first-order valence-electron chi connectivity index (χ1n) is 8.61. The Morgan fingerprint density at radius 3 is 1.93 bits per heavy atom. The van der Waals surface area contributed by atoms with Crippen LogP contribution in [0, 0.1) is 0 Å². The van der Waals surface area contributed by atoms with E-state index >= 15 is 0 Å². The SMILES string of the molecule is CCCCN(C(=O)c1ccncc1)c1ccc(C(O)(C(F)(F)F)C(F)(F)F)cc1. The van der Waals surface area contributed by atoms with Crippen molar-refractivity contribution in [2.24, 2.45) is 0 Å². The number of carbonyl (C=O) groups is 1. The molecule has 4 nitrogen and oxygen atoms in total. The number of nitrogens with zero attached hydrogens (tertiary/aromatic N) is 2. The van der Waals surface area contributed by atoms with Gasteiger partial charge in [0.25, 0.3) is 11.5 Å². The minimum absolute atomic E-state index is 0.107. The first-order chi connectivity index (χ1) is 13.4. The number of rotatable bonds is 6. The highest BCUT2D eigenvalue weighted by Crippen LogP contribution is 2.50. The lowest BCUT2D eigenvalue weighted by Gasteiger charge is -2.33. The largest absolute Gasteiger partial charge is 0.430 e. The van der Waals surface area contributed by atoms with Gasteiger partial charge in [-0.3, -0.25) is 9.78 Å². The summed E-state index contributed by atoms with van der Waals surface area (Å²) in [5.74, 6) is -0.476. The Kier molecular flexibility index (Phi) is 6.56. The number of halogens is 6. The molecule has 1 aromatic carbocycles. The van der Waals surface area contributed by atoms with E-state index in [0.717, 1.165) is 12.1 Å². The highest BCUT2D eigenvalue weighted by Gasteiger charge is 2.71. The second-order valence-corrected chi connectivity index (χ2v) is 6.30. The maximum atomic E-state index is 13.0. The molecule has 158 valence electrons. The number of carbonyl (C=O) groups excluding carboxylic acids is 1. The van der Waals surface area contributed by atoms with Gasteiger partial charge in [-0.1, -0.05) is 25.5 Å². The molecule has 0 fully saturated rings. The smallest absolute Gasteiger partial charge is 0.369 e. The first-order valence-corrected chi connectivity index (χ1v) is 8.61. The lowest BCUT2D eigenvalue weighted by atomic mass is 9.92. The predicted molar refractivity (Wildman–Crippen MR) is 93.3 cm³/mol. The summed E-state index contributed by atoms with van der Waals surface area (Å²) in [6.45, 7) is 2.07. The van der Waals surface area contributed by atoms with Gasteiger partial charge in [0.2, 0.25) is 0 Å². The predicted octanol–water partition coefficient (Wildman–Crippen LogP) is 4.84. The zero-order chi connectivity index (χ0) is 21.9. The number of pyridine rings is 1. The molecule has 2 rings (SSSR count). The Bertz CT molecular complexity index is 805. The maximum absolute atomic E-state index is 13.0. The van der Waals surface area contributed by atoms with Gasteiger partial charge in [0.15, 0.2) is 0 Å². The van der Waals surface area contributed by atoms with E-state index in [1.54, 1.807) is 0 Å². The summed E-state index contributed by atoms with van der Waals surface area (Å²) in [6.07, 6.45) is -7.89. The van der Waals surface area contributed by atoms with Crippen LogP contribution >= 0.6 is 0 Å². The van der Waals surface area contributed by atoms with E-state index in [-0.39, 0.29) is 17.8 Å². The standard InChI is InChI=1S/C19H18F6N2O2/c1-2-3-12-27(16(28)13-8-10-26-11-9-13)15-6-4-14(5-7-15)17(29,18(20,21)22)19(23,24)25/h4-11,29H,2-3,12H2,1H3. The van der Waals surface area contributed by atoms with Gasteiger partial charge in [-0.25, -0.2) is 0 Å². The number of alkyl halides is 6. The molecule has 0 saturated carbocycles. The van der Waals surface area contributed by atoms with Crippen LogP contribution in [0.25, 0.3) is 0 Å². The third-order valence-electron chi connectivity index (χ3n) is 4.32. The fourth-order valence-corrected chi connectivity index (χ4v) is 2.69. The van der Waals surface area contributed by atoms with Crippen LogP contribution < -0.4 is 4.90 Å². The van der Waals surface area contributed by atoms with Gasteiger partial charge < -0.3 is 10.0 Å². The number of amides is 1. The summed E-state index contributed by atoms with van der Waals surface area (Å²) in [5.41, 5.74) is -6.02. The Hall–Kier alpha value is -2.62. The van der Waals surface area contributed by atoms with Crippen molar-refractivity contribution in [2.45, 2.75) is 37.7 Å². The van der Waals surface area contributed by atoms with Crippen LogP contribution in [0.15, 0.2) is 48.8 Å². The van der Waals surface area contributed by atoms with Crippen LogP contribution in [0.3, 0.4) is 0 Å². The highest BCUT2D eigenvalue weighted by molar-refractivity contribution is 6.06. The molecule has 0 atom stereocenters. The number of aliphatic hydroxyl groups is 1. The number of anilines is 1. The van der Waals surface area contributed by atoms with E-state index < -0.39 is 29.4 Å². The summed E-state index contributed by atoms with van der Waals surface area (Å²) in [6, 6.07) is 5.84. The summed E-state index contributed by atoms with van der Waals surface area (Å²) in [5, 5.41) is 9.48. The fourth-order valence-electron chi connectivity index (χ4n) is 2.69. The van der Waals surface area contributed by atoms with E-state index in [4.69, 9.17) is 0 Å². The Morgan fingerprint density at radius 2 is 1.48 bits per heavy atom. The lowest BCUT2D eigenvalue weighted by Crippen LogP contribution is -2.53. The fraction of sp³-hybridized carbons (Fsp3) is 0.368. The molecule has 1 N–H and O–H groups in total. The minimum atomic E-state index is -5.97. The molecule has 2 aromatic rings. The molecule has 1 heterocycles. The molecule has 0 bridgehead atoms. The molecule has 0 aliphatic heterocycles. The molecule has 0 unspecified atom stereocenters. The number of aromatic nitrogens is 1. The lowest BCUT2D eigenvalue weighted by molar-refractivity contribution is -0.376. The minimum Gasteiger partial charge on any atom is -0.369 e. The molecule has 10 heteroatoms. The van der Waals surface area contributed by atoms with E-state index in [0.29, 0.717) is 25.0 Å². The molecule has 1 amide bonds. The van der Waals surface area contributed by atoms with Crippen LogP contribution in [0.1, 0.15) is 35.7 Å². The van der Waals surface area contributed by atoms with Crippen LogP contribution in [0.2, 0.25) is 0 Å². The summed E-state index contributed by atoms with van der Waals surface area (Å²) >= 11 is 0. The number of hydrogen-bond acceptors (Lipinski definition) is 3. The molecule has 1 aromatic heterocycles. The summed E-state index contributed by atoms with van der Waals surface area (Å²) in [7, 11) is 0. The van der Waals surface area contributed by atoms with Gasteiger partial charge >= 0.3 is 12.4 Å². The van der Waals surface area contributed by atoms with Gasteiger partial charge in [-0.05, 0) is 30.7 Å². The Morgan fingerprint density at radius 1 is 0.966 bits per heavy atom. The maximum Gasteiger partial charge on any atom is 0.430 e. The molecule has 0 aliphatic carbocycles. The second-order valence-electron chi connectivity index (χ2n) is 6.30. The summed E-state index contributed by atoms with van der Waals surface area (Å²) in [4.78, 5) is 17.8. The van der Waals surface area contributed by atoms with Gasteiger partial charge in [0, 0.05) is 35.8 Å². The first kappa shape index (κ1) is 22.7. The van der Waals surface area contributed by atoms with E-state index in [9.17, 15) is 36.2 Å².